The number of anilines is 1. The number of aromatic nitrogens is 1. The highest BCUT2D eigenvalue weighted by atomic mass is 19.1. The Labute approximate surface area is 179 Å². The number of aryl methyl sites for hydroxylation is 1. The van der Waals surface area contributed by atoms with Crippen LogP contribution in [0.5, 0.6) is 5.75 Å². The van der Waals surface area contributed by atoms with E-state index >= 15 is 0 Å². The van der Waals surface area contributed by atoms with Gasteiger partial charge in [0, 0.05) is 22.8 Å². The van der Waals surface area contributed by atoms with E-state index in [0.29, 0.717) is 29.1 Å². The van der Waals surface area contributed by atoms with E-state index < -0.39 is 0 Å². The first-order chi connectivity index (χ1) is 15.0. The minimum atomic E-state index is -0.318. The van der Waals surface area contributed by atoms with Crippen molar-refractivity contribution >= 4 is 22.5 Å². The van der Waals surface area contributed by atoms with Crippen molar-refractivity contribution in [1.82, 2.24) is 4.98 Å². The predicted molar refractivity (Wildman–Crippen MR) is 117 cm³/mol. The highest BCUT2D eigenvalue weighted by molar-refractivity contribution is 5.96. The number of aromatic amines is 1. The highest BCUT2D eigenvalue weighted by Crippen LogP contribution is 2.24. The van der Waals surface area contributed by atoms with Gasteiger partial charge >= 0.3 is 0 Å². The van der Waals surface area contributed by atoms with Gasteiger partial charge in [0.2, 0.25) is 5.91 Å². The standard InChI is InChI=1S/C25H20FN3O2/c1-16-9-21(31-15-18-4-2-3-17(10-18)13-27)6-8-23(16)29-25(30)11-19-14-28-24-12-20(26)5-7-22(19)24/h2-10,12,14,28H,11,15H2,1H3,(H,29,30). The molecule has 0 aliphatic carbocycles. The number of rotatable bonds is 6. The van der Waals surface area contributed by atoms with Crippen molar-refractivity contribution in [2.24, 2.45) is 0 Å². The summed E-state index contributed by atoms with van der Waals surface area (Å²) >= 11 is 0. The lowest BCUT2D eigenvalue weighted by molar-refractivity contribution is -0.115. The van der Waals surface area contributed by atoms with E-state index in [2.05, 4.69) is 16.4 Å². The number of hydrogen-bond acceptors (Lipinski definition) is 3. The summed E-state index contributed by atoms with van der Waals surface area (Å²) in [5, 5.41) is 12.7. The molecule has 3 aromatic carbocycles. The number of carbonyl (C=O) groups excluding carboxylic acids is 1. The molecule has 0 saturated heterocycles. The fourth-order valence-electron chi connectivity index (χ4n) is 3.44. The van der Waals surface area contributed by atoms with Crippen LogP contribution in [-0.2, 0) is 17.8 Å². The van der Waals surface area contributed by atoms with Gasteiger partial charge in [0.05, 0.1) is 18.1 Å². The van der Waals surface area contributed by atoms with E-state index in [1.807, 2.05) is 25.1 Å². The van der Waals surface area contributed by atoms with Crippen LogP contribution in [0.25, 0.3) is 10.9 Å². The quantitative estimate of drug-likeness (QED) is 0.453. The van der Waals surface area contributed by atoms with Crippen molar-refractivity contribution in [3.8, 4) is 11.8 Å². The predicted octanol–water partition coefficient (Wildman–Crippen LogP) is 5.25. The zero-order chi connectivity index (χ0) is 21.8. The molecule has 1 heterocycles. The number of H-pyrrole nitrogens is 1. The first-order valence-corrected chi connectivity index (χ1v) is 9.79. The van der Waals surface area contributed by atoms with Crippen LogP contribution in [0.2, 0.25) is 0 Å². The first-order valence-electron chi connectivity index (χ1n) is 9.79. The van der Waals surface area contributed by atoms with Gasteiger partial charge in [-0.3, -0.25) is 4.79 Å². The SMILES string of the molecule is Cc1cc(OCc2cccc(C#N)c2)ccc1NC(=O)Cc1c[nH]c2cc(F)ccc12. The number of nitriles is 1. The van der Waals surface area contributed by atoms with E-state index in [4.69, 9.17) is 10.00 Å². The maximum Gasteiger partial charge on any atom is 0.228 e. The summed E-state index contributed by atoms with van der Waals surface area (Å²) in [5.41, 5.74) is 4.56. The van der Waals surface area contributed by atoms with Crippen LogP contribution < -0.4 is 10.1 Å². The molecule has 0 unspecified atom stereocenters. The lowest BCUT2D eigenvalue weighted by Crippen LogP contribution is -2.15. The fourth-order valence-corrected chi connectivity index (χ4v) is 3.44. The summed E-state index contributed by atoms with van der Waals surface area (Å²) in [4.78, 5) is 15.5. The average Bonchev–Trinajstić information content (AvgIpc) is 3.15. The summed E-state index contributed by atoms with van der Waals surface area (Å²) < 4.78 is 19.2. The number of amides is 1. The van der Waals surface area contributed by atoms with Crippen molar-refractivity contribution in [2.45, 2.75) is 20.0 Å². The summed E-state index contributed by atoms with van der Waals surface area (Å²) in [7, 11) is 0. The molecular weight excluding hydrogens is 393 g/mol. The third-order valence-corrected chi connectivity index (χ3v) is 5.01. The number of nitrogens with one attached hydrogen (secondary N) is 2. The number of carbonyl (C=O) groups is 1. The number of benzene rings is 3. The second-order valence-corrected chi connectivity index (χ2v) is 7.31. The largest absolute Gasteiger partial charge is 0.489 e. The van der Waals surface area contributed by atoms with Crippen LogP contribution in [0, 0.1) is 24.1 Å². The molecule has 4 aromatic rings. The van der Waals surface area contributed by atoms with Gasteiger partial charge in [0.15, 0.2) is 0 Å². The molecule has 4 rings (SSSR count). The van der Waals surface area contributed by atoms with Gasteiger partial charge in [-0.25, -0.2) is 4.39 Å². The van der Waals surface area contributed by atoms with Gasteiger partial charge in [0.1, 0.15) is 18.2 Å². The van der Waals surface area contributed by atoms with Crippen LogP contribution in [0.4, 0.5) is 10.1 Å². The zero-order valence-electron chi connectivity index (χ0n) is 16.9. The van der Waals surface area contributed by atoms with Crippen molar-refractivity contribution < 1.29 is 13.9 Å². The van der Waals surface area contributed by atoms with Crippen LogP contribution in [0.1, 0.15) is 22.3 Å². The van der Waals surface area contributed by atoms with E-state index in [0.717, 1.165) is 22.1 Å². The molecule has 0 bridgehead atoms. The molecule has 154 valence electrons. The van der Waals surface area contributed by atoms with E-state index in [-0.39, 0.29) is 18.1 Å². The topological polar surface area (TPSA) is 77.9 Å². The van der Waals surface area contributed by atoms with Crippen LogP contribution >= 0.6 is 0 Å². The zero-order valence-corrected chi connectivity index (χ0v) is 16.9. The van der Waals surface area contributed by atoms with E-state index in [1.54, 1.807) is 36.5 Å². The van der Waals surface area contributed by atoms with Crippen molar-refractivity contribution in [3.63, 3.8) is 0 Å². The molecule has 0 aliphatic heterocycles. The molecule has 0 atom stereocenters. The number of fused-ring (bicyclic) bond motifs is 1. The number of hydrogen-bond donors (Lipinski definition) is 2. The lowest BCUT2D eigenvalue weighted by Gasteiger charge is -2.12. The van der Waals surface area contributed by atoms with Gasteiger partial charge in [-0.05, 0) is 72.1 Å². The lowest BCUT2D eigenvalue weighted by atomic mass is 10.1. The summed E-state index contributed by atoms with van der Waals surface area (Å²) in [6.07, 6.45) is 1.91. The summed E-state index contributed by atoms with van der Waals surface area (Å²) in [6.45, 7) is 2.25. The minimum Gasteiger partial charge on any atom is -0.489 e. The van der Waals surface area contributed by atoms with Crippen LogP contribution in [0.3, 0.4) is 0 Å². The molecule has 2 N–H and O–H groups in total. The minimum absolute atomic E-state index is 0.157. The van der Waals surface area contributed by atoms with Gasteiger partial charge < -0.3 is 15.0 Å². The maximum atomic E-state index is 13.3. The molecule has 5 nitrogen and oxygen atoms in total. The number of halogens is 1. The fraction of sp³-hybridized carbons (Fsp3) is 0.120. The van der Waals surface area contributed by atoms with Gasteiger partial charge in [-0.2, -0.15) is 5.26 Å². The second-order valence-electron chi connectivity index (χ2n) is 7.31. The first kappa shape index (κ1) is 20.2. The summed E-state index contributed by atoms with van der Waals surface area (Å²) in [6, 6.07) is 19.3. The molecule has 1 amide bonds. The molecule has 0 spiro atoms. The molecule has 0 fully saturated rings. The van der Waals surface area contributed by atoms with E-state index in [9.17, 15) is 9.18 Å². The van der Waals surface area contributed by atoms with Crippen molar-refractivity contribution in [1.29, 1.82) is 5.26 Å². The van der Waals surface area contributed by atoms with E-state index in [1.165, 1.54) is 12.1 Å². The third-order valence-electron chi connectivity index (χ3n) is 5.01. The second kappa shape index (κ2) is 8.72. The Balaban J connectivity index is 1.39. The smallest absolute Gasteiger partial charge is 0.228 e. The highest BCUT2D eigenvalue weighted by Gasteiger charge is 2.11. The maximum absolute atomic E-state index is 13.3. The Morgan fingerprint density at radius 1 is 1.16 bits per heavy atom. The van der Waals surface area contributed by atoms with Gasteiger partial charge in [0.25, 0.3) is 0 Å². The van der Waals surface area contributed by atoms with Gasteiger partial charge in [-0.1, -0.05) is 12.1 Å². The van der Waals surface area contributed by atoms with Crippen molar-refractivity contribution in [2.75, 3.05) is 5.32 Å². The van der Waals surface area contributed by atoms with Crippen LogP contribution in [0.15, 0.2) is 66.9 Å². The molecular formula is C25H20FN3O2. The number of nitrogens with zero attached hydrogens (tertiary/aromatic N) is 1. The van der Waals surface area contributed by atoms with Crippen LogP contribution in [-0.4, -0.2) is 10.9 Å². The Morgan fingerprint density at radius 2 is 2.03 bits per heavy atom. The Bertz CT molecular complexity index is 1300. The summed E-state index contributed by atoms with van der Waals surface area (Å²) in [5.74, 6) is 0.202. The number of ether oxygens (including phenoxy) is 1. The van der Waals surface area contributed by atoms with Gasteiger partial charge in [-0.15, -0.1) is 0 Å². The molecule has 0 saturated carbocycles. The molecule has 0 aliphatic rings. The Morgan fingerprint density at radius 3 is 2.84 bits per heavy atom. The molecule has 1 aromatic heterocycles. The molecule has 6 heteroatoms. The average molecular weight is 413 g/mol. The normalized spacial score (nSPS) is 10.6. The van der Waals surface area contributed by atoms with Crippen molar-refractivity contribution in [3.05, 3.63) is 94.9 Å². The third kappa shape index (κ3) is 4.73. The monoisotopic (exact) mass is 413 g/mol. The Kier molecular flexibility index (Phi) is 5.67. The molecule has 31 heavy (non-hydrogen) atoms. The molecule has 0 radical (unpaired) electrons. The Hall–Kier alpha value is -4.11.